The van der Waals surface area contributed by atoms with Crippen LogP contribution in [0.25, 0.3) is 0 Å². The number of esters is 1. The van der Waals surface area contributed by atoms with E-state index in [-0.39, 0.29) is 5.76 Å². The number of hydrogen-bond donors (Lipinski definition) is 1. The minimum Gasteiger partial charge on any atom is -0.497 e. The van der Waals surface area contributed by atoms with Crippen LogP contribution in [0.15, 0.2) is 64.6 Å². The molecule has 1 atom stereocenters. The second kappa shape index (κ2) is 8.35. The van der Waals surface area contributed by atoms with E-state index < -0.39 is 18.0 Å². The Morgan fingerprint density at radius 1 is 1.15 bits per heavy atom. The van der Waals surface area contributed by atoms with E-state index in [0.717, 1.165) is 4.88 Å². The third-order valence-electron chi connectivity index (χ3n) is 3.62. The van der Waals surface area contributed by atoms with Gasteiger partial charge in [0.05, 0.1) is 19.9 Å². The monoisotopic (exact) mass is 371 g/mol. The highest BCUT2D eigenvalue weighted by Crippen LogP contribution is 2.23. The first kappa shape index (κ1) is 17.8. The molecule has 0 radical (unpaired) electrons. The van der Waals surface area contributed by atoms with E-state index in [1.54, 1.807) is 37.4 Å². The smallest absolute Gasteiger partial charge is 0.375 e. The van der Waals surface area contributed by atoms with E-state index in [9.17, 15) is 9.59 Å². The van der Waals surface area contributed by atoms with Crippen LogP contribution in [0.5, 0.6) is 5.75 Å². The topological polar surface area (TPSA) is 77.8 Å². The van der Waals surface area contributed by atoms with Crippen LogP contribution in [0.2, 0.25) is 0 Å². The molecule has 0 saturated heterocycles. The molecule has 0 fully saturated rings. The summed E-state index contributed by atoms with van der Waals surface area (Å²) in [5.41, 5.74) is 0.536. The molecule has 0 bridgehead atoms. The zero-order valence-electron chi connectivity index (χ0n) is 14.0. The van der Waals surface area contributed by atoms with Crippen molar-refractivity contribution in [3.05, 3.63) is 76.4 Å². The Labute approximate surface area is 154 Å². The quantitative estimate of drug-likeness (QED) is 0.643. The first-order valence-corrected chi connectivity index (χ1v) is 8.74. The lowest BCUT2D eigenvalue weighted by atomic mass is 10.1. The van der Waals surface area contributed by atoms with Crippen molar-refractivity contribution in [3.8, 4) is 5.75 Å². The fourth-order valence-corrected chi connectivity index (χ4v) is 2.94. The standard InChI is InChI=1S/C19H17NO5S/c1-23-14-8-6-13(7-9-14)17(25-19(22)16-5-2-10-24-16)18(21)20-12-15-4-3-11-26-15/h2-11,17H,12H2,1H3,(H,20,21). The van der Waals surface area contributed by atoms with Crippen molar-refractivity contribution >= 4 is 23.2 Å². The van der Waals surface area contributed by atoms with Gasteiger partial charge in [0.25, 0.3) is 5.91 Å². The van der Waals surface area contributed by atoms with Gasteiger partial charge in [-0.1, -0.05) is 18.2 Å². The Hall–Kier alpha value is -3.06. The molecule has 7 heteroatoms. The normalized spacial score (nSPS) is 11.6. The summed E-state index contributed by atoms with van der Waals surface area (Å²) in [6.45, 7) is 0.363. The summed E-state index contributed by atoms with van der Waals surface area (Å²) in [5, 5.41) is 4.73. The van der Waals surface area contributed by atoms with Gasteiger partial charge in [0.15, 0.2) is 0 Å². The molecule has 134 valence electrons. The molecule has 1 N–H and O–H groups in total. The van der Waals surface area contributed by atoms with Crippen molar-refractivity contribution in [1.82, 2.24) is 5.32 Å². The second-order valence-electron chi connectivity index (χ2n) is 5.33. The maximum atomic E-state index is 12.7. The van der Waals surface area contributed by atoms with E-state index in [2.05, 4.69) is 5.32 Å². The van der Waals surface area contributed by atoms with Crippen LogP contribution in [0.4, 0.5) is 0 Å². The lowest BCUT2D eigenvalue weighted by Gasteiger charge is -2.17. The molecule has 0 aliphatic carbocycles. The molecule has 3 aromatic rings. The third kappa shape index (κ3) is 4.31. The molecular weight excluding hydrogens is 354 g/mol. The molecule has 1 unspecified atom stereocenters. The minimum atomic E-state index is -1.10. The second-order valence-corrected chi connectivity index (χ2v) is 6.37. The SMILES string of the molecule is COc1ccc(C(OC(=O)c2ccco2)C(=O)NCc2cccs2)cc1. The number of benzene rings is 1. The van der Waals surface area contributed by atoms with Gasteiger partial charge in [-0.3, -0.25) is 4.79 Å². The Balaban J connectivity index is 1.77. The highest BCUT2D eigenvalue weighted by molar-refractivity contribution is 7.09. The Morgan fingerprint density at radius 2 is 1.96 bits per heavy atom. The van der Waals surface area contributed by atoms with Gasteiger partial charge >= 0.3 is 5.97 Å². The number of hydrogen-bond acceptors (Lipinski definition) is 6. The van der Waals surface area contributed by atoms with E-state index in [1.807, 2.05) is 17.5 Å². The number of carbonyl (C=O) groups is 2. The largest absolute Gasteiger partial charge is 0.497 e. The molecule has 0 spiro atoms. The lowest BCUT2D eigenvalue weighted by molar-refractivity contribution is -0.130. The molecular formula is C19H17NO5S. The van der Waals surface area contributed by atoms with Gasteiger partial charge in [-0.15, -0.1) is 11.3 Å². The average Bonchev–Trinajstić information content (AvgIpc) is 3.38. The molecule has 0 aliphatic rings. The van der Waals surface area contributed by atoms with Crippen molar-refractivity contribution in [2.24, 2.45) is 0 Å². The molecule has 1 amide bonds. The molecule has 2 aromatic heterocycles. The molecule has 6 nitrogen and oxygen atoms in total. The molecule has 3 rings (SSSR count). The number of amides is 1. The van der Waals surface area contributed by atoms with Gasteiger partial charge in [0.2, 0.25) is 11.9 Å². The summed E-state index contributed by atoms with van der Waals surface area (Å²) in [6.07, 6.45) is 0.272. The number of thiophene rings is 1. The molecule has 0 saturated carbocycles. The number of carbonyl (C=O) groups excluding carboxylic acids is 2. The van der Waals surface area contributed by atoms with Gasteiger partial charge in [-0.25, -0.2) is 4.79 Å². The predicted molar refractivity (Wildman–Crippen MR) is 96.0 cm³/mol. The lowest BCUT2D eigenvalue weighted by Crippen LogP contribution is -2.31. The highest BCUT2D eigenvalue weighted by Gasteiger charge is 2.26. The summed E-state index contributed by atoms with van der Waals surface area (Å²) in [7, 11) is 1.55. The number of nitrogens with one attached hydrogen (secondary N) is 1. The van der Waals surface area contributed by atoms with Crippen LogP contribution in [-0.2, 0) is 16.1 Å². The van der Waals surface area contributed by atoms with Crippen LogP contribution >= 0.6 is 11.3 Å². The Morgan fingerprint density at radius 3 is 2.58 bits per heavy atom. The van der Waals surface area contributed by atoms with E-state index >= 15 is 0 Å². The highest BCUT2D eigenvalue weighted by atomic mass is 32.1. The van der Waals surface area contributed by atoms with Crippen LogP contribution < -0.4 is 10.1 Å². The van der Waals surface area contributed by atoms with Crippen molar-refractivity contribution in [2.45, 2.75) is 12.6 Å². The van der Waals surface area contributed by atoms with Crippen molar-refractivity contribution in [1.29, 1.82) is 0 Å². The first-order valence-electron chi connectivity index (χ1n) is 7.86. The Kier molecular flexibility index (Phi) is 5.70. The number of furan rings is 1. The van der Waals surface area contributed by atoms with E-state index in [0.29, 0.717) is 17.9 Å². The van der Waals surface area contributed by atoms with Crippen LogP contribution in [0, 0.1) is 0 Å². The minimum absolute atomic E-state index is 0.0366. The fourth-order valence-electron chi connectivity index (χ4n) is 2.29. The Bertz CT molecular complexity index is 841. The van der Waals surface area contributed by atoms with Crippen LogP contribution in [0.3, 0.4) is 0 Å². The van der Waals surface area contributed by atoms with Gasteiger partial charge < -0.3 is 19.2 Å². The maximum absolute atomic E-state index is 12.7. The molecule has 26 heavy (non-hydrogen) atoms. The molecule has 1 aromatic carbocycles. The maximum Gasteiger partial charge on any atom is 0.375 e. The molecule has 2 heterocycles. The number of rotatable bonds is 7. The zero-order chi connectivity index (χ0) is 18.4. The van der Waals surface area contributed by atoms with Gasteiger partial charge in [0.1, 0.15) is 5.75 Å². The molecule has 0 aliphatic heterocycles. The predicted octanol–water partition coefficient (Wildman–Crippen LogP) is 3.56. The van der Waals surface area contributed by atoms with Gasteiger partial charge in [0, 0.05) is 10.4 Å². The zero-order valence-corrected chi connectivity index (χ0v) is 14.8. The van der Waals surface area contributed by atoms with Gasteiger partial charge in [-0.2, -0.15) is 0 Å². The van der Waals surface area contributed by atoms with Crippen LogP contribution in [-0.4, -0.2) is 19.0 Å². The van der Waals surface area contributed by atoms with Crippen molar-refractivity contribution in [2.75, 3.05) is 7.11 Å². The summed E-state index contributed by atoms with van der Waals surface area (Å²) < 4.78 is 15.6. The summed E-state index contributed by atoms with van der Waals surface area (Å²) in [6, 6.07) is 13.7. The number of ether oxygens (including phenoxy) is 2. The number of methoxy groups -OCH3 is 1. The van der Waals surface area contributed by atoms with Gasteiger partial charge in [-0.05, 0) is 35.7 Å². The van der Waals surface area contributed by atoms with E-state index in [1.165, 1.54) is 23.7 Å². The van der Waals surface area contributed by atoms with Crippen LogP contribution in [0.1, 0.15) is 27.1 Å². The van der Waals surface area contributed by atoms with Crippen molar-refractivity contribution < 1.29 is 23.5 Å². The first-order chi connectivity index (χ1) is 12.7. The summed E-state index contributed by atoms with van der Waals surface area (Å²) in [5.74, 6) is -0.441. The van der Waals surface area contributed by atoms with Crippen molar-refractivity contribution in [3.63, 3.8) is 0 Å². The summed E-state index contributed by atoms with van der Waals surface area (Å²) >= 11 is 1.54. The summed E-state index contributed by atoms with van der Waals surface area (Å²) in [4.78, 5) is 25.9. The fraction of sp³-hybridized carbons (Fsp3) is 0.158. The average molecular weight is 371 g/mol. The third-order valence-corrected chi connectivity index (χ3v) is 4.50. The van der Waals surface area contributed by atoms with E-state index in [4.69, 9.17) is 13.9 Å².